The number of phenols is 1. The summed E-state index contributed by atoms with van der Waals surface area (Å²) in [5.74, 6) is 0.259. The van der Waals surface area contributed by atoms with E-state index in [1.165, 1.54) is 35.7 Å². The second-order valence-electron chi connectivity index (χ2n) is 7.06. The number of hydrogen-bond acceptors (Lipinski definition) is 5. The summed E-state index contributed by atoms with van der Waals surface area (Å²) in [6, 6.07) is 12.6. The Labute approximate surface area is 172 Å². The molecule has 2 N–H and O–H groups in total. The van der Waals surface area contributed by atoms with Crippen LogP contribution in [-0.2, 0) is 10.0 Å². The maximum Gasteiger partial charge on any atom is 0.255 e. The van der Waals surface area contributed by atoms with E-state index in [0.717, 1.165) is 0 Å². The Morgan fingerprint density at radius 1 is 1.14 bits per heavy atom. The summed E-state index contributed by atoms with van der Waals surface area (Å²) in [6.07, 6.45) is 0.446. The Bertz CT molecular complexity index is 911. The number of phenolic OH excluding ortho intramolecular Hbond substituents is 1. The molecule has 0 saturated heterocycles. The van der Waals surface area contributed by atoms with Gasteiger partial charge in [-0.15, -0.1) is 0 Å². The average Bonchev–Trinajstić information content (AvgIpc) is 2.70. The minimum absolute atomic E-state index is 0.0893. The van der Waals surface area contributed by atoms with Crippen LogP contribution in [0.2, 0.25) is 0 Å². The van der Waals surface area contributed by atoms with E-state index >= 15 is 0 Å². The van der Waals surface area contributed by atoms with Crippen molar-refractivity contribution in [3.63, 3.8) is 0 Å². The smallest absolute Gasteiger partial charge is 0.255 e. The number of sulfonamides is 1. The highest BCUT2D eigenvalue weighted by molar-refractivity contribution is 7.89. The number of aromatic hydroxyl groups is 1. The van der Waals surface area contributed by atoms with Crippen molar-refractivity contribution in [1.29, 1.82) is 0 Å². The van der Waals surface area contributed by atoms with Crippen LogP contribution in [0.15, 0.2) is 53.4 Å². The molecule has 0 spiro atoms. The lowest BCUT2D eigenvalue weighted by atomic mass is 10.2. The van der Waals surface area contributed by atoms with E-state index in [0.29, 0.717) is 25.3 Å². The molecule has 0 aliphatic heterocycles. The number of nitrogens with one attached hydrogen (secondary N) is 1. The van der Waals surface area contributed by atoms with Gasteiger partial charge in [0.1, 0.15) is 11.5 Å². The van der Waals surface area contributed by atoms with Gasteiger partial charge in [-0.2, -0.15) is 4.31 Å². The fraction of sp³-hybridized carbons (Fsp3) is 0.381. The van der Waals surface area contributed by atoms with Crippen molar-refractivity contribution in [2.24, 2.45) is 5.92 Å². The summed E-state index contributed by atoms with van der Waals surface area (Å²) in [5, 5.41) is 12.5. The largest absolute Gasteiger partial charge is 0.507 e. The first-order chi connectivity index (χ1) is 13.8. The number of amides is 1. The third-order valence-electron chi connectivity index (χ3n) is 4.28. The molecule has 0 aliphatic carbocycles. The van der Waals surface area contributed by atoms with Gasteiger partial charge in [0.15, 0.2) is 0 Å². The fourth-order valence-corrected chi connectivity index (χ4v) is 4.47. The Morgan fingerprint density at radius 2 is 1.79 bits per heavy atom. The van der Waals surface area contributed by atoms with Gasteiger partial charge in [-0.3, -0.25) is 4.79 Å². The van der Waals surface area contributed by atoms with Gasteiger partial charge in [-0.05, 0) is 48.7 Å². The Kier molecular flexibility index (Phi) is 8.04. The number of carbonyl (C=O) groups is 1. The van der Waals surface area contributed by atoms with Crippen LogP contribution in [0.5, 0.6) is 11.5 Å². The molecule has 2 aromatic carbocycles. The van der Waals surface area contributed by atoms with Gasteiger partial charge in [0.25, 0.3) is 5.91 Å². The molecule has 29 heavy (non-hydrogen) atoms. The molecule has 158 valence electrons. The molecular weight excluding hydrogens is 392 g/mol. The Hall–Kier alpha value is -2.58. The van der Waals surface area contributed by atoms with Gasteiger partial charge in [0, 0.05) is 19.6 Å². The first kappa shape index (κ1) is 22.7. The van der Waals surface area contributed by atoms with Crippen LogP contribution in [-0.4, -0.2) is 50.5 Å². The van der Waals surface area contributed by atoms with E-state index in [1.807, 2.05) is 13.8 Å². The molecule has 8 heteroatoms. The van der Waals surface area contributed by atoms with E-state index in [2.05, 4.69) is 5.32 Å². The minimum atomic E-state index is -3.66. The number of ether oxygens (including phenoxy) is 1. The summed E-state index contributed by atoms with van der Waals surface area (Å²) >= 11 is 0. The molecule has 0 aromatic heterocycles. The lowest BCUT2D eigenvalue weighted by Gasteiger charge is -2.24. The first-order valence-corrected chi connectivity index (χ1v) is 10.9. The summed E-state index contributed by atoms with van der Waals surface area (Å²) in [4.78, 5) is 12.4. The molecular formula is C21H28N2O5S. The molecule has 0 aliphatic rings. The molecule has 0 saturated carbocycles. The van der Waals surface area contributed by atoms with Crippen LogP contribution in [0.1, 0.15) is 30.6 Å². The monoisotopic (exact) mass is 420 g/mol. The third kappa shape index (κ3) is 6.20. The van der Waals surface area contributed by atoms with E-state index in [9.17, 15) is 18.3 Å². The van der Waals surface area contributed by atoms with Crippen LogP contribution in [0.4, 0.5) is 0 Å². The van der Waals surface area contributed by atoms with Crippen molar-refractivity contribution in [1.82, 2.24) is 9.62 Å². The standard InChI is InChI=1S/C21H28N2O5S/c1-16(2)15-23(29(26,27)18-11-9-17(28-3)10-12-18)14-6-13-22-21(25)19-7-4-5-8-20(19)24/h4-5,7-12,16,24H,6,13-15H2,1-3H3,(H,22,25). The van der Waals surface area contributed by atoms with Crippen LogP contribution in [0.25, 0.3) is 0 Å². The Morgan fingerprint density at radius 3 is 2.38 bits per heavy atom. The molecule has 1 amide bonds. The highest BCUT2D eigenvalue weighted by atomic mass is 32.2. The number of hydrogen-bond donors (Lipinski definition) is 2. The molecule has 0 heterocycles. The second-order valence-corrected chi connectivity index (χ2v) is 9.00. The number of benzene rings is 2. The van der Waals surface area contributed by atoms with Crippen molar-refractivity contribution in [2.45, 2.75) is 25.2 Å². The quantitative estimate of drug-likeness (QED) is 0.576. The van der Waals surface area contributed by atoms with Crippen LogP contribution < -0.4 is 10.1 Å². The van der Waals surface area contributed by atoms with Crippen LogP contribution in [0.3, 0.4) is 0 Å². The molecule has 7 nitrogen and oxygen atoms in total. The minimum Gasteiger partial charge on any atom is -0.507 e. The zero-order valence-electron chi connectivity index (χ0n) is 17.0. The maximum atomic E-state index is 13.0. The third-order valence-corrected chi connectivity index (χ3v) is 6.16. The topological polar surface area (TPSA) is 95.9 Å². The summed E-state index contributed by atoms with van der Waals surface area (Å²) in [5.41, 5.74) is 0.192. The molecule has 2 aromatic rings. The molecule has 0 radical (unpaired) electrons. The van der Waals surface area contributed by atoms with Crippen molar-refractivity contribution < 1.29 is 23.1 Å². The number of carbonyl (C=O) groups excluding carboxylic acids is 1. The zero-order valence-corrected chi connectivity index (χ0v) is 17.8. The lowest BCUT2D eigenvalue weighted by molar-refractivity contribution is 0.0950. The van der Waals surface area contributed by atoms with Crippen molar-refractivity contribution >= 4 is 15.9 Å². The predicted octanol–water partition coefficient (Wildman–Crippen LogP) is 2.87. The number of nitrogens with zero attached hydrogens (tertiary/aromatic N) is 1. The average molecular weight is 421 g/mol. The van der Waals surface area contributed by atoms with Gasteiger partial charge in [-0.1, -0.05) is 26.0 Å². The normalized spacial score (nSPS) is 11.6. The first-order valence-electron chi connectivity index (χ1n) is 9.46. The van der Waals surface area contributed by atoms with Crippen molar-refractivity contribution in [3.8, 4) is 11.5 Å². The van der Waals surface area contributed by atoms with Gasteiger partial charge in [0.05, 0.1) is 17.6 Å². The van der Waals surface area contributed by atoms with E-state index < -0.39 is 15.9 Å². The van der Waals surface area contributed by atoms with Gasteiger partial charge in [0.2, 0.25) is 10.0 Å². The summed E-state index contributed by atoms with van der Waals surface area (Å²) in [6.45, 7) is 4.85. The molecule has 0 atom stereocenters. The van der Waals surface area contributed by atoms with Crippen LogP contribution >= 0.6 is 0 Å². The summed E-state index contributed by atoms with van der Waals surface area (Å²) in [7, 11) is -2.13. The van der Waals surface area contributed by atoms with Crippen molar-refractivity contribution in [2.75, 3.05) is 26.7 Å². The molecule has 0 unspecified atom stereocenters. The van der Waals surface area contributed by atoms with Gasteiger partial charge >= 0.3 is 0 Å². The Balaban J connectivity index is 2.01. The highest BCUT2D eigenvalue weighted by Gasteiger charge is 2.25. The number of rotatable bonds is 10. The van der Waals surface area contributed by atoms with E-state index in [-0.39, 0.29) is 28.7 Å². The van der Waals surface area contributed by atoms with Gasteiger partial charge < -0.3 is 15.2 Å². The number of methoxy groups -OCH3 is 1. The molecule has 0 bridgehead atoms. The number of para-hydroxylation sites is 1. The zero-order chi connectivity index (χ0) is 21.4. The fourth-order valence-electron chi connectivity index (χ4n) is 2.83. The second kappa shape index (κ2) is 10.3. The highest BCUT2D eigenvalue weighted by Crippen LogP contribution is 2.21. The van der Waals surface area contributed by atoms with E-state index in [1.54, 1.807) is 24.3 Å². The maximum absolute atomic E-state index is 13.0. The van der Waals surface area contributed by atoms with Crippen molar-refractivity contribution in [3.05, 3.63) is 54.1 Å². The lowest BCUT2D eigenvalue weighted by Crippen LogP contribution is -2.36. The van der Waals surface area contributed by atoms with Gasteiger partial charge in [-0.25, -0.2) is 8.42 Å². The molecule has 2 rings (SSSR count). The SMILES string of the molecule is COc1ccc(S(=O)(=O)N(CCCNC(=O)c2ccccc2O)CC(C)C)cc1. The van der Waals surface area contributed by atoms with E-state index in [4.69, 9.17) is 4.74 Å². The predicted molar refractivity (Wildman–Crippen MR) is 112 cm³/mol. The molecule has 0 fully saturated rings. The van der Waals surface area contributed by atoms with Crippen LogP contribution in [0, 0.1) is 5.92 Å². The summed E-state index contributed by atoms with van der Waals surface area (Å²) < 4.78 is 32.6.